The number of thioether (sulfide) groups is 1. The Balaban J connectivity index is 2.10. The molecule has 0 spiro atoms. The maximum absolute atomic E-state index is 12.5. The van der Waals surface area contributed by atoms with Crippen LogP contribution < -0.4 is 10.6 Å². The van der Waals surface area contributed by atoms with Gasteiger partial charge in [-0.25, -0.2) is 0 Å². The van der Waals surface area contributed by atoms with E-state index in [0.717, 1.165) is 0 Å². The maximum Gasteiger partial charge on any atom is 0.398 e. The fraction of sp³-hybridized carbons (Fsp3) is 0.263. The monoisotopic (exact) mass is 430 g/mol. The molecule has 1 atom stereocenters. The number of hydrogen-bond donors (Lipinski definition) is 2. The Labute approximate surface area is 169 Å². The summed E-state index contributed by atoms with van der Waals surface area (Å²) >= 11 is 6.46. The quantitative estimate of drug-likeness (QED) is 0.593. The van der Waals surface area contributed by atoms with Crippen LogP contribution in [0.25, 0.3) is 0 Å². The zero-order chi connectivity index (χ0) is 20.7. The van der Waals surface area contributed by atoms with Crippen LogP contribution in [0, 0.1) is 0 Å². The van der Waals surface area contributed by atoms with Gasteiger partial charge in [-0.15, -0.1) is 11.8 Å². The van der Waals surface area contributed by atoms with E-state index in [1.165, 1.54) is 19.1 Å². The number of halogens is 4. The van der Waals surface area contributed by atoms with Crippen molar-refractivity contribution in [1.82, 2.24) is 5.32 Å². The largest absolute Gasteiger partial charge is 0.398 e. The van der Waals surface area contributed by atoms with E-state index in [9.17, 15) is 22.8 Å². The lowest BCUT2D eigenvalue weighted by molar-refractivity contribution is -0.120. The molecule has 0 aliphatic rings. The molecule has 2 N–H and O–H groups in total. The molecule has 0 heterocycles. The fourth-order valence-corrected chi connectivity index (χ4v) is 3.33. The molecular formula is C19H18ClF3N2O2S. The predicted octanol–water partition coefficient (Wildman–Crippen LogP) is 5.20. The summed E-state index contributed by atoms with van der Waals surface area (Å²) in [5.74, 6) is -1.80. The van der Waals surface area contributed by atoms with Crippen molar-refractivity contribution in [2.45, 2.75) is 30.5 Å². The number of para-hydroxylation sites is 1. The smallest absolute Gasteiger partial charge is 0.349 e. The maximum atomic E-state index is 12.5. The third kappa shape index (κ3) is 7.44. The van der Waals surface area contributed by atoms with E-state index >= 15 is 0 Å². The van der Waals surface area contributed by atoms with Crippen LogP contribution in [0.2, 0.25) is 5.02 Å². The Morgan fingerprint density at radius 3 is 2.36 bits per heavy atom. The van der Waals surface area contributed by atoms with Crippen LogP contribution in [0.1, 0.15) is 24.9 Å². The number of carbonyl (C=O) groups excluding carboxylic acids is 2. The molecule has 0 aliphatic carbocycles. The van der Waals surface area contributed by atoms with Crippen molar-refractivity contribution in [2.75, 3.05) is 11.1 Å². The van der Waals surface area contributed by atoms with Gasteiger partial charge in [-0.2, -0.15) is 13.2 Å². The summed E-state index contributed by atoms with van der Waals surface area (Å²) in [4.78, 5) is 24.3. The summed E-state index contributed by atoms with van der Waals surface area (Å²) in [7, 11) is 0. The van der Waals surface area contributed by atoms with Crippen LogP contribution in [-0.2, 0) is 9.59 Å². The Bertz CT molecular complexity index is 829. The predicted molar refractivity (Wildman–Crippen MR) is 104 cm³/mol. The van der Waals surface area contributed by atoms with Gasteiger partial charge in [0.25, 0.3) is 0 Å². The molecule has 0 bridgehead atoms. The highest BCUT2D eigenvalue weighted by Gasteiger charge is 2.28. The number of benzene rings is 2. The van der Waals surface area contributed by atoms with Crippen molar-refractivity contribution in [2.24, 2.45) is 0 Å². The lowest BCUT2D eigenvalue weighted by Crippen LogP contribution is -2.29. The molecule has 2 aromatic rings. The average molecular weight is 431 g/mol. The van der Waals surface area contributed by atoms with Gasteiger partial charge in [0, 0.05) is 16.8 Å². The summed E-state index contributed by atoms with van der Waals surface area (Å²) in [6.07, 6.45) is -4.40. The number of hydrogen-bond acceptors (Lipinski definition) is 3. The summed E-state index contributed by atoms with van der Waals surface area (Å²) in [6, 6.07) is 12.4. The molecule has 0 saturated heterocycles. The second kappa shape index (κ2) is 9.84. The SMILES string of the molecule is CC(=O)NC(CC(=O)Nc1ccccc1SCC(F)(F)F)c1ccc(Cl)cc1. The summed E-state index contributed by atoms with van der Waals surface area (Å²) in [5.41, 5.74) is 0.980. The van der Waals surface area contributed by atoms with E-state index in [4.69, 9.17) is 11.6 Å². The Morgan fingerprint density at radius 2 is 1.75 bits per heavy atom. The van der Waals surface area contributed by atoms with Crippen molar-refractivity contribution in [1.29, 1.82) is 0 Å². The van der Waals surface area contributed by atoms with Crippen LogP contribution in [0.3, 0.4) is 0 Å². The molecule has 1 unspecified atom stereocenters. The van der Waals surface area contributed by atoms with Crippen molar-refractivity contribution < 1.29 is 22.8 Å². The first-order chi connectivity index (χ1) is 13.1. The molecule has 0 aromatic heterocycles. The minimum Gasteiger partial charge on any atom is -0.349 e. The number of alkyl halides is 3. The molecule has 0 saturated carbocycles. The molecule has 2 rings (SSSR count). The minimum atomic E-state index is -4.31. The topological polar surface area (TPSA) is 58.2 Å². The van der Waals surface area contributed by atoms with E-state index in [1.54, 1.807) is 36.4 Å². The van der Waals surface area contributed by atoms with Crippen LogP contribution in [0.4, 0.5) is 18.9 Å². The molecule has 2 aromatic carbocycles. The standard InChI is InChI=1S/C19H18ClF3N2O2S/c1-12(26)24-16(13-6-8-14(20)9-7-13)10-18(27)25-15-4-2-3-5-17(15)28-11-19(21,22)23/h2-9,16H,10-11H2,1H3,(H,24,26)(H,25,27). The Kier molecular flexibility index (Phi) is 7.77. The van der Waals surface area contributed by atoms with Crippen molar-refractivity contribution in [3.8, 4) is 0 Å². The van der Waals surface area contributed by atoms with Crippen molar-refractivity contribution >= 4 is 40.9 Å². The second-order valence-corrected chi connectivity index (χ2v) is 7.41. The molecule has 4 nitrogen and oxygen atoms in total. The van der Waals surface area contributed by atoms with E-state index < -0.39 is 23.9 Å². The lowest BCUT2D eigenvalue weighted by Gasteiger charge is -2.19. The van der Waals surface area contributed by atoms with Crippen LogP contribution in [0.5, 0.6) is 0 Å². The molecule has 28 heavy (non-hydrogen) atoms. The number of anilines is 1. The Hall–Kier alpha value is -2.19. The van der Waals surface area contributed by atoms with Gasteiger partial charge in [-0.05, 0) is 29.8 Å². The molecule has 0 radical (unpaired) electrons. The molecule has 9 heteroatoms. The van der Waals surface area contributed by atoms with Gasteiger partial charge in [0.2, 0.25) is 11.8 Å². The lowest BCUT2D eigenvalue weighted by atomic mass is 10.0. The summed E-state index contributed by atoms with van der Waals surface area (Å²) in [6.45, 7) is 1.34. The van der Waals surface area contributed by atoms with Gasteiger partial charge in [0.15, 0.2) is 0 Å². The number of rotatable bonds is 7. The number of carbonyl (C=O) groups is 2. The number of nitrogens with one attached hydrogen (secondary N) is 2. The first kappa shape index (κ1) is 22.1. The van der Waals surface area contributed by atoms with Gasteiger partial charge < -0.3 is 10.6 Å². The number of amides is 2. The third-order valence-corrected chi connectivity index (χ3v) is 4.98. The molecule has 0 aliphatic heterocycles. The van der Waals surface area contributed by atoms with Gasteiger partial charge in [0.1, 0.15) is 0 Å². The summed E-state index contributed by atoms with van der Waals surface area (Å²) in [5, 5.41) is 5.84. The molecule has 2 amide bonds. The zero-order valence-corrected chi connectivity index (χ0v) is 16.4. The fourth-order valence-electron chi connectivity index (χ4n) is 2.43. The van der Waals surface area contributed by atoms with E-state index in [-0.39, 0.29) is 12.3 Å². The highest BCUT2D eigenvalue weighted by molar-refractivity contribution is 7.99. The van der Waals surface area contributed by atoms with E-state index in [0.29, 0.717) is 32.9 Å². The summed E-state index contributed by atoms with van der Waals surface area (Å²) < 4.78 is 37.5. The third-order valence-electron chi connectivity index (χ3n) is 3.59. The second-order valence-electron chi connectivity index (χ2n) is 5.96. The first-order valence-electron chi connectivity index (χ1n) is 8.25. The highest BCUT2D eigenvalue weighted by atomic mass is 35.5. The normalized spacial score (nSPS) is 12.3. The van der Waals surface area contributed by atoms with Crippen LogP contribution in [0.15, 0.2) is 53.4 Å². The van der Waals surface area contributed by atoms with Crippen LogP contribution in [-0.4, -0.2) is 23.7 Å². The van der Waals surface area contributed by atoms with Crippen molar-refractivity contribution in [3.63, 3.8) is 0 Å². The minimum absolute atomic E-state index is 0.0838. The van der Waals surface area contributed by atoms with Gasteiger partial charge in [0.05, 0.1) is 23.9 Å². The van der Waals surface area contributed by atoms with Gasteiger partial charge >= 0.3 is 6.18 Å². The highest BCUT2D eigenvalue weighted by Crippen LogP contribution is 2.32. The zero-order valence-electron chi connectivity index (χ0n) is 14.8. The molecule has 0 fully saturated rings. The van der Waals surface area contributed by atoms with Crippen LogP contribution >= 0.6 is 23.4 Å². The van der Waals surface area contributed by atoms with E-state index in [2.05, 4.69) is 10.6 Å². The van der Waals surface area contributed by atoms with E-state index in [1.807, 2.05) is 0 Å². The molecular weight excluding hydrogens is 413 g/mol. The van der Waals surface area contributed by atoms with Gasteiger partial charge in [-0.1, -0.05) is 35.9 Å². The molecule has 150 valence electrons. The Morgan fingerprint density at radius 1 is 1.11 bits per heavy atom. The van der Waals surface area contributed by atoms with Gasteiger partial charge in [-0.3, -0.25) is 9.59 Å². The average Bonchev–Trinajstić information content (AvgIpc) is 2.60. The first-order valence-corrected chi connectivity index (χ1v) is 9.61. The van der Waals surface area contributed by atoms with Crippen molar-refractivity contribution in [3.05, 3.63) is 59.1 Å².